The van der Waals surface area contributed by atoms with E-state index in [0.29, 0.717) is 28.7 Å². The van der Waals surface area contributed by atoms with Crippen molar-refractivity contribution in [1.29, 1.82) is 0 Å². The van der Waals surface area contributed by atoms with Gasteiger partial charge in [0.25, 0.3) is 5.91 Å². The number of nitrogens with zero attached hydrogens (tertiary/aromatic N) is 3. The fraction of sp³-hybridized carbons (Fsp3) is 0.389. The number of benzene rings is 1. The molecule has 6 nitrogen and oxygen atoms in total. The van der Waals surface area contributed by atoms with Crippen LogP contribution in [0.15, 0.2) is 23.4 Å². The Balaban J connectivity index is 1.54. The molecule has 26 heavy (non-hydrogen) atoms. The molecule has 0 unspecified atom stereocenters. The highest BCUT2D eigenvalue weighted by atomic mass is 35.5. The van der Waals surface area contributed by atoms with Gasteiger partial charge in [0, 0.05) is 36.3 Å². The van der Waals surface area contributed by atoms with Crippen LogP contribution in [0.5, 0.6) is 0 Å². The molecule has 138 valence electrons. The highest BCUT2D eigenvalue weighted by Gasteiger charge is 2.29. The number of aromatic nitrogens is 2. The minimum Gasteiger partial charge on any atom is -0.382 e. The summed E-state index contributed by atoms with van der Waals surface area (Å²) in [6.07, 6.45) is 0.451. The van der Waals surface area contributed by atoms with Gasteiger partial charge in [-0.15, -0.1) is 0 Å². The zero-order valence-electron chi connectivity index (χ0n) is 14.8. The van der Waals surface area contributed by atoms with Crippen molar-refractivity contribution < 1.29 is 9.63 Å². The molecule has 1 amide bonds. The van der Waals surface area contributed by atoms with Crippen LogP contribution in [0, 0.1) is 13.8 Å². The van der Waals surface area contributed by atoms with E-state index in [1.807, 2.05) is 25.6 Å². The first kappa shape index (κ1) is 18.7. The molecule has 0 aliphatic carbocycles. The molecule has 8 heteroatoms. The topological polar surface area (TPSA) is 68.5 Å². The molecule has 1 aromatic carbocycles. The van der Waals surface area contributed by atoms with Gasteiger partial charge in [0.15, 0.2) is 0 Å². The quantitative estimate of drug-likeness (QED) is 0.846. The van der Waals surface area contributed by atoms with E-state index in [4.69, 9.17) is 28.0 Å². The number of carbonyl (C=O) groups excluding carboxylic acids is 1. The molecule has 2 aromatic rings. The predicted octanol–water partition coefficient (Wildman–Crippen LogP) is 3.20. The van der Waals surface area contributed by atoms with Gasteiger partial charge in [0.05, 0.1) is 16.4 Å². The van der Waals surface area contributed by atoms with Crippen LogP contribution in [0.4, 0.5) is 0 Å². The standard InChI is InChI=1S/C18H20Cl2N4O2/c1-10-13(11(2)24(3)22-10)6-7-21-18(25)17-9-16(23-26-17)14-5-4-12(19)8-15(14)20/h4-5,8,17H,6-7,9H2,1-3H3,(H,21,25)/t17-/m0/s1. The summed E-state index contributed by atoms with van der Waals surface area (Å²) in [5, 5.41) is 12.3. The number of hydrogen-bond donors (Lipinski definition) is 1. The lowest BCUT2D eigenvalue weighted by molar-refractivity contribution is -0.131. The van der Waals surface area contributed by atoms with Gasteiger partial charge in [-0.1, -0.05) is 34.4 Å². The van der Waals surface area contributed by atoms with Crippen molar-refractivity contribution in [3.05, 3.63) is 50.8 Å². The molecule has 3 rings (SSSR count). The molecule has 0 saturated heterocycles. The van der Waals surface area contributed by atoms with Crippen LogP contribution >= 0.6 is 23.2 Å². The van der Waals surface area contributed by atoms with Gasteiger partial charge in [-0.05, 0) is 38.0 Å². The Hall–Kier alpha value is -2.05. The molecule has 1 aliphatic heterocycles. The van der Waals surface area contributed by atoms with Crippen LogP contribution in [-0.4, -0.2) is 34.0 Å². The monoisotopic (exact) mass is 394 g/mol. The summed E-state index contributed by atoms with van der Waals surface area (Å²) in [5.74, 6) is -0.187. The summed E-state index contributed by atoms with van der Waals surface area (Å²) in [5.41, 5.74) is 4.62. The predicted molar refractivity (Wildman–Crippen MR) is 102 cm³/mol. The van der Waals surface area contributed by atoms with E-state index in [2.05, 4.69) is 15.6 Å². The van der Waals surface area contributed by atoms with E-state index in [9.17, 15) is 4.79 Å². The zero-order chi connectivity index (χ0) is 18.8. The molecule has 1 aromatic heterocycles. The Bertz CT molecular complexity index is 876. The first-order valence-corrected chi connectivity index (χ1v) is 9.07. The molecular weight excluding hydrogens is 375 g/mol. The Labute approximate surface area is 162 Å². The van der Waals surface area contributed by atoms with Gasteiger partial charge in [-0.25, -0.2) is 0 Å². The Morgan fingerprint density at radius 1 is 1.38 bits per heavy atom. The molecule has 1 atom stereocenters. The summed E-state index contributed by atoms with van der Waals surface area (Å²) < 4.78 is 1.85. The SMILES string of the molecule is Cc1nn(C)c(C)c1CCNC(=O)[C@@H]1CC(c2ccc(Cl)cc2Cl)=NO1. The summed E-state index contributed by atoms with van der Waals surface area (Å²) in [7, 11) is 1.91. The van der Waals surface area contributed by atoms with E-state index in [0.717, 1.165) is 28.9 Å². The van der Waals surface area contributed by atoms with Crippen molar-refractivity contribution in [2.45, 2.75) is 32.8 Å². The lowest BCUT2D eigenvalue weighted by Gasteiger charge is -2.10. The van der Waals surface area contributed by atoms with Crippen molar-refractivity contribution >= 4 is 34.8 Å². The summed E-state index contributed by atoms with van der Waals surface area (Å²) in [6.45, 7) is 4.51. The highest BCUT2D eigenvalue weighted by molar-refractivity contribution is 6.37. The van der Waals surface area contributed by atoms with Gasteiger partial charge in [0.2, 0.25) is 6.10 Å². The number of aryl methyl sites for hydroxylation is 2. The van der Waals surface area contributed by atoms with Gasteiger partial charge in [0.1, 0.15) is 0 Å². The Kier molecular flexibility index (Phi) is 5.53. The number of carbonyl (C=O) groups is 1. The van der Waals surface area contributed by atoms with Crippen LogP contribution in [0.2, 0.25) is 10.0 Å². The minimum absolute atomic E-state index is 0.187. The van der Waals surface area contributed by atoms with Crippen molar-refractivity contribution in [3.63, 3.8) is 0 Å². The summed E-state index contributed by atoms with van der Waals surface area (Å²) >= 11 is 12.1. The Morgan fingerprint density at radius 2 is 2.15 bits per heavy atom. The van der Waals surface area contributed by atoms with Crippen molar-refractivity contribution in [1.82, 2.24) is 15.1 Å². The van der Waals surface area contributed by atoms with Crippen molar-refractivity contribution in [2.24, 2.45) is 12.2 Å². The second-order valence-electron chi connectivity index (χ2n) is 6.27. The third-order valence-corrected chi connectivity index (χ3v) is 5.08. The molecule has 1 N–H and O–H groups in total. The first-order valence-electron chi connectivity index (χ1n) is 8.31. The lowest BCUT2D eigenvalue weighted by atomic mass is 10.0. The van der Waals surface area contributed by atoms with Crippen LogP contribution < -0.4 is 5.32 Å². The summed E-state index contributed by atoms with van der Waals surface area (Å²) in [6, 6.07) is 5.16. The molecule has 0 saturated carbocycles. The van der Waals surface area contributed by atoms with Crippen LogP contribution in [0.3, 0.4) is 0 Å². The van der Waals surface area contributed by atoms with E-state index in [1.165, 1.54) is 0 Å². The number of hydrogen-bond acceptors (Lipinski definition) is 4. The van der Waals surface area contributed by atoms with E-state index in [1.54, 1.807) is 18.2 Å². The normalized spacial score (nSPS) is 16.3. The second-order valence-corrected chi connectivity index (χ2v) is 7.12. The van der Waals surface area contributed by atoms with Gasteiger partial charge in [-0.2, -0.15) is 5.10 Å². The number of nitrogens with one attached hydrogen (secondary N) is 1. The third kappa shape index (κ3) is 3.86. The molecule has 0 spiro atoms. The van der Waals surface area contributed by atoms with Gasteiger partial charge >= 0.3 is 0 Å². The fourth-order valence-electron chi connectivity index (χ4n) is 3.00. The average molecular weight is 395 g/mol. The van der Waals surface area contributed by atoms with Gasteiger partial charge < -0.3 is 10.2 Å². The molecular formula is C18H20Cl2N4O2. The third-order valence-electron chi connectivity index (χ3n) is 4.54. The highest BCUT2D eigenvalue weighted by Crippen LogP contribution is 2.26. The summed E-state index contributed by atoms with van der Waals surface area (Å²) in [4.78, 5) is 17.6. The molecule has 0 bridgehead atoms. The number of rotatable bonds is 5. The minimum atomic E-state index is -0.646. The number of halogens is 2. The molecule has 0 fully saturated rings. The van der Waals surface area contributed by atoms with Crippen molar-refractivity contribution in [3.8, 4) is 0 Å². The van der Waals surface area contributed by atoms with Crippen LogP contribution in [0.1, 0.15) is 28.9 Å². The largest absolute Gasteiger partial charge is 0.382 e. The molecule has 2 heterocycles. The molecule has 1 aliphatic rings. The van der Waals surface area contributed by atoms with Gasteiger partial charge in [-0.3, -0.25) is 9.48 Å². The smallest absolute Gasteiger partial charge is 0.264 e. The number of amides is 1. The first-order chi connectivity index (χ1) is 12.4. The van der Waals surface area contributed by atoms with E-state index >= 15 is 0 Å². The Morgan fingerprint density at radius 3 is 2.81 bits per heavy atom. The van der Waals surface area contributed by atoms with E-state index in [-0.39, 0.29) is 5.91 Å². The maximum absolute atomic E-state index is 12.3. The van der Waals surface area contributed by atoms with Crippen molar-refractivity contribution in [2.75, 3.05) is 6.54 Å². The number of oxime groups is 1. The van der Waals surface area contributed by atoms with Crippen LogP contribution in [-0.2, 0) is 23.1 Å². The average Bonchev–Trinajstić information content (AvgIpc) is 3.15. The second kappa shape index (κ2) is 7.68. The van der Waals surface area contributed by atoms with Crippen LogP contribution in [0.25, 0.3) is 0 Å². The van der Waals surface area contributed by atoms with E-state index < -0.39 is 6.10 Å². The zero-order valence-corrected chi connectivity index (χ0v) is 16.4. The maximum Gasteiger partial charge on any atom is 0.264 e. The maximum atomic E-state index is 12.3. The fourth-order valence-corrected chi connectivity index (χ4v) is 3.52. The lowest BCUT2D eigenvalue weighted by Crippen LogP contribution is -2.36. The molecule has 0 radical (unpaired) electrons.